The number of carbonyl (C=O) groups is 2. The molecule has 0 bridgehead atoms. The average molecular weight is 652 g/mol. The van der Waals surface area contributed by atoms with Crippen LogP contribution in [0.3, 0.4) is 0 Å². The van der Waals surface area contributed by atoms with Crippen LogP contribution < -0.4 is 14.8 Å². The molecule has 42 heavy (non-hydrogen) atoms. The maximum atomic E-state index is 14.2. The second-order valence-electron chi connectivity index (χ2n) is 11.9. The predicted molar refractivity (Wildman–Crippen MR) is 171 cm³/mol. The minimum Gasteiger partial charge on any atom is -0.497 e. The van der Waals surface area contributed by atoms with Gasteiger partial charge in [0.05, 0.1) is 40.0 Å². The van der Waals surface area contributed by atoms with Crippen LogP contribution in [0.5, 0.6) is 5.75 Å². The molecule has 0 aliphatic carbocycles. The van der Waals surface area contributed by atoms with Gasteiger partial charge in [0.2, 0.25) is 5.91 Å². The van der Waals surface area contributed by atoms with E-state index in [1.807, 2.05) is 60.7 Å². The van der Waals surface area contributed by atoms with Crippen LogP contribution in [0.15, 0.2) is 77.3 Å². The van der Waals surface area contributed by atoms with Crippen molar-refractivity contribution in [3.63, 3.8) is 0 Å². The Labute approximate surface area is 257 Å². The molecule has 4 atom stereocenters. The lowest BCUT2D eigenvalue weighted by molar-refractivity contribution is -0.149. The number of anilines is 1. The van der Waals surface area contributed by atoms with Gasteiger partial charge in [0.1, 0.15) is 5.75 Å². The summed E-state index contributed by atoms with van der Waals surface area (Å²) in [5.41, 5.74) is 1.42. The normalized spacial score (nSPS) is 23.4. The van der Waals surface area contributed by atoms with Gasteiger partial charge in [-0.2, -0.15) is 0 Å². The van der Waals surface area contributed by atoms with Crippen molar-refractivity contribution in [2.24, 2.45) is 5.92 Å². The monoisotopic (exact) mass is 650 g/mol. The van der Waals surface area contributed by atoms with Gasteiger partial charge in [-0.1, -0.05) is 83.6 Å². The van der Waals surface area contributed by atoms with Gasteiger partial charge in [0, 0.05) is 36.1 Å². The molecule has 0 aromatic heterocycles. The Morgan fingerprint density at radius 1 is 1.12 bits per heavy atom. The van der Waals surface area contributed by atoms with Gasteiger partial charge in [0.25, 0.3) is 5.91 Å². The molecule has 0 radical (unpaired) electrons. The van der Waals surface area contributed by atoms with Gasteiger partial charge in [-0.3, -0.25) is 9.59 Å². The second kappa shape index (κ2) is 12.0. The lowest BCUT2D eigenvalue weighted by Gasteiger charge is -2.37. The van der Waals surface area contributed by atoms with E-state index in [0.29, 0.717) is 6.54 Å². The summed E-state index contributed by atoms with van der Waals surface area (Å²) in [5, 5.41) is 11.0. The number of carbonyl (C=O) groups excluding carboxylic acids is 2. The van der Waals surface area contributed by atoms with Crippen molar-refractivity contribution in [2.75, 3.05) is 32.2 Å². The highest BCUT2D eigenvalue weighted by molar-refractivity contribution is 9.10. The number of rotatable bonds is 9. The van der Waals surface area contributed by atoms with Crippen molar-refractivity contribution in [3.05, 3.63) is 88.4 Å². The third-order valence-electron chi connectivity index (χ3n) is 9.24. The lowest BCUT2D eigenvalue weighted by atomic mass is 9.82. The topological polar surface area (TPSA) is 79.3 Å². The number of amides is 2. The Balaban J connectivity index is 1.56. The molecule has 222 valence electrons. The third-order valence-corrected chi connectivity index (χ3v) is 14.1. The van der Waals surface area contributed by atoms with E-state index < -0.39 is 19.8 Å². The van der Waals surface area contributed by atoms with E-state index in [9.17, 15) is 14.7 Å². The van der Waals surface area contributed by atoms with Crippen LogP contribution in [0, 0.1) is 5.92 Å². The Morgan fingerprint density at radius 2 is 1.81 bits per heavy atom. The molecular formula is C33H39BrN2O5Si. The van der Waals surface area contributed by atoms with Gasteiger partial charge >= 0.3 is 0 Å². The van der Waals surface area contributed by atoms with Gasteiger partial charge in [-0.25, -0.2) is 0 Å². The smallest absolute Gasteiger partial charge is 0.264 e. The zero-order valence-electron chi connectivity index (χ0n) is 24.8. The van der Waals surface area contributed by atoms with E-state index in [2.05, 4.69) is 48.1 Å². The first kappa shape index (κ1) is 30.5. The summed E-state index contributed by atoms with van der Waals surface area (Å²) in [7, 11) is 1.08. The summed E-state index contributed by atoms with van der Waals surface area (Å²) in [6.07, 6.45) is -0.369. The van der Waals surface area contributed by atoms with Crippen LogP contribution in [0.25, 0.3) is 0 Å². The number of methoxy groups -OCH3 is 1. The van der Waals surface area contributed by atoms with E-state index in [-0.39, 0.29) is 42.8 Å². The number of hydrogen-bond acceptors (Lipinski definition) is 5. The Kier molecular flexibility index (Phi) is 8.67. The van der Waals surface area contributed by atoms with E-state index in [0.717, 1.165) is 27.0 Å². The molecule has 2 aliphatic rings. The molecule has 1 spiro atoms. The molecule has 9 heteroatoms. The van der Waals surface area contributed by atoms with Crippen molar-refractivity contribution >= 4 is 46.7 Å². The molecule has 1 saturated heterocycles. The molecule has 2 amide bonds. The number of aliphatic hydroxyl groups excluding tert-OH is 1. The lowest BCUT2D eigenvalue weighted by Crippen LogP contribution is -2.52. The molecule has 7 nitrogen and oxygen atoms in total. The summed E-state index contributed by atoms with van der Waals surface area (Å²) in [5.74, 6) is 0.401. The minimum absolute atomic E-state index is 0.0511. The highest BCUT2D eigenvalue weighted by Crippen LogP contribution is 2.60. The Bertz CT molecular complexity index is 1450. The number of benzene rings is 3. The van der Waals surface area contributed by atoms with E-state index in [1.165, 1.54) is 5.19 Å². The first-order valence-corrected chi connectivity index (χ1v) is 18.2. The SMILES string of the molecule is COc1ccc([Si](C)(C)[C@H]2[C@H](CC(=O)N(CCO)Cc3ccccc3)O[C@@]3(C(=O)N(C)c4ccc(Br)cc43)[C@@H]2C)cc1. The molecule has 5 rings (SSSR count). The number of ether oxygens (including phenoxy) is 2. The van der Waals surface area contributed by atoms with Gasteiger partial charge in [-0.05, 0) is 41.4 Å². The van der Waals surface area contributed by atoms with Crippen LogP contribution in [0.2, 0.25) is 18.6 Å². The number of fused-ring (bicyclic) bond motifs is 2. The molecule has 0 saturated carbocycles. The predicted octanol–water partition coefficient (Wildman–Crippen LogP) is 5.06. The van der Waals surface area contributed by atoms with Crippen molar-refractivity contribution in [3.8, 4) is 5.75 Å². The zero-order chi connectivity index (χ0) is 30.2. The number of halogens is 1. The fourth-order valence-corrected chi connectivity index (χ4v) is 11.5. The summed E-state index contributed by atoms with van der Waals surface area (Å²) in [6.45, 7) is 7.21. The van der Waals surface area contributed by atoms with E-state index >= 15 is 0 Å². The van der Waals surface area contributed by atoms with Gasteiger partial charge in [-0.15, -0.1) is 0 Å². The Hall–Kier alpha value is -2.98. The first-order chi connectivity index (χ1) is 20.0. The van der Waals surface area contributed by atoms with Crippen molar-refractivity contribution in [1.82, 2.24) is 4.90 Å². The molecule has 3 aromatic carbocycles. The second-order valence-corrected chi connectivity index (χ2v) is 17.5. The van der Waals surface area contributed by atoms with E-state index in [4.69, 9.17) is 9.47 Å². The van der Waals surface area contributed by atoms with Crippen LogP contribution in [-0.4, -0.2) is 63.3 Å². The molecular weight excluding hydrogens is 612 g/mol. The number of hydrogen-bond donors (Lipinski definition) is 1. The van der Waals surface area contributed by atoms with Crippen molar-refractivity contribution < 1.29 is 24.2 Å². The largest absolute Gasteiger partial charge is 0.497 e. The van der Waals surface area contributed by atoms with Gasteiger partial charge in [0.15, 0.2) is 5.60 Å². The van der Waals surface area contributed by atoms with Crippen LogP contribution in [0.1, 0.15) is 24.5 Å². The van der Waals surface area contributed by atoms with Gasteiger partial charge < -0.3 is 24.4 Å². The summed E-state index contributed by atoms with van der Waals surface area (Å²) < 4.78 is 13.3. The quantitative estimate of drug-likeness (QED) is 0.328. The molecule has 2 heterocycles. The molecule has 1 N–H and O–H groups in total. The van der Waals surface area contributed by atoms with Crippen molar-refractivity contribution in [1.29, 1.82) is 0 Å². The Morgan fingerprint density at radius 3 is 2.45 bits per heavy atom. The number of likely N-dealkylation sites (N-methyl/N-ethyl adjacent to an activating group) is 1. The molecule has 0 unspecified atom stereocenters. The average Bonchev–Trinajstić information content (AvgIpc) is 3.39. The number of nitrogens with zero attached hydrogens (tertiary/aromatic N) is 2. The fourth-order valence-electron chi connectivity index (χ4n) is 7.11. The minimum atomic E-state index is -2.37. The summed E-state index contributed by atoms with van der Waals surface area (Å²) in [6, 6.07) is 23.8. The standard InChI is InChI=1S/C33H39BrN2O5Si/c1-22-31(42(4,5)26-14-12-25(40-3)13-15-26)29(20-30(38)36(17-18-37)21-23-9-7-6-8-10-23)41-33(22)27-19-24(34)11-16-28(27)35(2)32(33)39/h6-16,19,22,29,31,37H,17-18,20-21H2,1-5H3/t22-,29+,31-,33+/m1/s1. The summed E-state index contributed by atoms with van der Waals surface area (Å²) >= 11 is 3.61. The summed E-state index contributed by atoms with van der Waals surface area (Å²) in [4.78, 5) is 31.5. The third kappa shape index (κ3) is 5.21. The number of aliphatic hydroxyl groups is 1. The molecule has 2 aliphatic heterocycles. The highest BCUT2D eigenvalue weighted by atomic mass is 79.9. The highest BCUT2D eigenvalue weighted by Gasteiger charge is 2.66. The zero-order valence-corrected chi connectivity index (χ0v) is 27.4. The molecule has 1 fully saturated rings. The van der Waals surface area contributed by atoms with Crippen molar-refractivity contribution in [2.45, 2.75) is 50.2 Å². The molecule has 3 aromatic rings. The van der Waals surface area contributed by atoms with Crippen LogP contribution in [-0.2, 0) is 26.5 Å². The first-order valence-electron chi connectivity index (χ1n) is 14.4. The maximum Gasteiger partial charge on any atom is 0.264 e. The van der Waals surface area contributed by atoms with Crippen LogP contribution in [0.4, 0.5) is 5.69 Å². The van der Waals surface area contributed by atoms with E-state index in [1.54, 1.807) is 24.0 Å². The fraction of sp³-hybridized carbons (Fsp3) is 0.394. The van der Waals surface area contributed by atoms with Crippen LogP contribution >= 0.6 is 15.9 Å². The maximum absolute atomic E-state index is 14.2.